The van der Waals surface area contributed by atoms with E-state index < -0.39 is 0 Å². The summed E-state index contributed by atoms with van der Waals surface area (Å²) in [7, 11) is 1.57. The summed E-state index contributed by atoms with van der Waals surface area (Å²) in [5.41, 5.74) is 2.48. The predicted molar refractivity (Wildman–Crippen MR) is 85.5 cm³/mol. The van der Waals surface area contributed by atoms with Gasteiger partial charge >= 0.3 is 0 Å². The van der Waals surface area contributed by atoms with Crippen molar-refractivity contribution in [3.05, 3.63) is 29.3 Å². The van der Waals surface area contributed by atoms with Crippen LogP contribution in [0, 0.1) is 0 Å². The van der Waals surface area contributed by atoms with Crippen molar-refractivity contribution in [2.75, 3.05) is 20.3 Å². The molecule has 0 aliphatic carbocycles. The summed E-state index contributed by atoms with van der Waals surface area (Å²) in [5, 5.41) is 0. The van der Waals surface area contributed by atoms with Gasteiger partial charge in [-0.3, -0.25) is 9.79 Å². The molecule has 1 amide bonds. The average molecular weight is 300 g/mol. The second-order valence-corrected chi connectivity index (χ2v) is 5.38. The molecule has 5 heteroatoms. The molecular formula is C17H20N2O3. The predicted octanol–water partition coefficient (Wildman–Crippen LogP) is 2.97. The molecule has 1 unspecified atom stereocenters. The maximum Gasteiger partial charge on any atom is 0.257 e. The molecule has 0 aromatic heterocycles. The number of ether oxygens (including phenoxy) is 2. The van der Waals surface area contributed by atoms with Gasteiger partial charge in [-0.25, -0.2) is 0 Å². The molecule has 0 N–H and O–H groups in total. The molecule has 0 spiro atoms. The normalized spacial score (nSPS) is 21.6. The van der Waals surface area contributed by atoms with Gasteiger partial charge in [0.15, 0.2) is 11.5 Å². The lowest BCUT2D eigenvalue weighted by Gasteiger charge is -2.20. The minimum Gasteiger partial charge on any atom is -0.493 e. The van der Waals surface area contributed by atoms with E-state index in [0.717, 1.165) is 6.42 Å². The van der Waals surface area contributed by atoms with Crippen molar-refractivity contribution in [3.63, 3.8) is 0 Å². The Labute approximate surface area is 130 Å². The molecule has 1 aromatic carbocycles. The number of amides is 1. The number of carbonyl (C=O) groups excluding carboxylic acids is 1. The van der Waals surface area contributed by atoms with Crippen molar-refractivity contribution in [1.29, 1.82) is 0 Å². The molecule has 0 saturated carbocycles. The largest absolute Gasteiger partial charge is 0.493 e. The van der Waals surface area contributed by atoms with Crippen molar-refractivity contribution in [3.8, 4) is 11.5 Å². The lowest BCUT2D eigenvalue weighted by Crippen LogP contribution is -2.35. The van der Waals surface area contributed by atoms with Gasteiger partial charge in [-0.05, 0) is 26.3 Å². The van der Waals surface area contributed by atoms with Gasteiger partial charge in [0.25, 0.3) is 5.91 Å². The highest BCUT2D eigenvalue weighted by molar-refractivity contribution is 6.03. The van der Waals surface area contributed by atoms with Crippen molar-refractivity contribution in [1.82, 2.24) is 4.90 Å². The number of fused-ring (bicyclic) bond motifs is 2. The number of benzene rings is 1. The Kier molecular flexibility index (Phi) is 3.88. The topological polar surface area (TPSA) is 51.1 Å². The lowest BCUT2D eigenvalue weighted by molar-refractivity contribution is 0.0777. The number of allylic oxidation sites excluding steroid dienone is 1. The third-order valence-electron chi connectivity index (χ3n) is 4.11. The molecule has 2 aliphatic rings. The van der Waals surface area contributed by atoms with E-state index in [4.69, 9.17) is 9.47 Å². The Balaban J connectivity index is 2.04. The Morgan fingerprint density at radius 3 is 2.91 bits per heavy atom. The van der Waals surface area contributed by atoms with Crippen LogP contribution in [0.15, 0.2) is 28.8 Å². The molecule has 116 valence electrons. The van der Waals surface area contributed by atoms with Gasteiger partial charge in [0.1, 0.15) is 0 Å². The van der Waals surface area contributed by atoms with Gasteiger partial charge in [0, 0.05) is 18.8 Å². The first-order chi connectivity index (χ1) is 10.7. The molecule has 1 aromatic rings. The van der Waals surface area contributed by atoms with E-state index in [2.05, 4.69) is 11.1 Å². The monoisotopic (exact) mass is 300 g/mol. The number of methoxy groups -OCH3 is 1. The third kappa shape index (κ3) is 2.36. The Morgan fingerprint density at radius 2 is 2.23 bits per heavy atom. The van der Waals surface area contributed by atoms with Gasteiger partial charge < -0.3 is 14.4 Å². The van der Waals surface area contributed by atoms with Gasteiger partial charge in [-0.1, -0.05) is 11.6 Å². The first-order valence-electron chi connectivity index (χ1n) is 7.52. The number of nitrogens with zero attached hydrogens (tertiary/aromatic N) is 2. The molecule has 0 radical (unpaired) electrons. The molecule has 1 saturated heterocycles. The molecule has 1 atom stereocenters. The van der Waals surface area contributed by atoms with E-state index in [1.807, 2.05) is 25.0 Å². The Bertz CT molecular complexity index is 664. The second kappa shape index (κ2) is 5.83. The van der Waals surface area contributed by atoms with Gasteiger partial charge in [0.2, 0.25) is 0 Å². The number of hydrogen-bond acceptors (Lipinski definition) is 4. The van der Waals surface area contributed by atoms with Crippen LogP contribution in [0.4, 0.5) is 5.69 Å². The van der Waals surface area contributed by atoms with E-state index in [9.17, 15) is 4.79 Å². The van der Waals surface area contributed by atoms with Crippen molar-refractivity contribution in [2.24, 2.45) is 4.99 Å². The van der Waals surface area contributed by atoms with Crippen LogP contribution in [0.5, 0.6) is 11.5 Å². The van der Waals surface area contributed by atoms with E-state index in [-0.39, 0.29) is 11.9 Å². The van der Waals surface area contributed by atoms with E-state index in [1.54, 1.807) is 19.2 Å². The molecular weight excluding hydrogens is 280 g/mol. The van der Waals surface area contributed by atoms with Crippen LogP contribution in [0.2, 0.25) is 0 Å². The van der Waals surface area contributed by atoms with E-state index in [1.165, 1.54) is 5.57 Å². The van der Waals surface area contributed by atoms with Crippen molar-refractivity contribution in [2.45, 2.75) is 26.3 Å². The van der Waals surface area contributed by atoms with E-state index in [0.29, 0.717) is 35.9 Å². The van der Waals surface area contributed by atoms with Crippen LogP contribution in [0.1, 0.15) is 30.6 Å². The quantitative estimate of drug-likeness (QED) is 0.806. The Hall–Kier alpha value is -2.30. The van der Waals surface area contributed by atoms with Crippen LogP contribution in [0.25, 0.3) is 0 Å². The smallest absolute Gasteiger partial charge is 0.257 e. The van der Waals surface area contributed by atoms with Crippen LogP contribution in [0.3, 0.4) is 0 Å². The summed E-state index contributed by atoms with van der Waals surface area (Å²) in [5.74, 6) is 1.17. The highest BCUT2D eigenvalue weighted by Crippen LogP contribution is 2.38. The molecule has 22 heavy (non-hydrogen) atoms. The zero-order valence-corrected chi connectivity index (χ0v) is 13.1. The first-order valence-corrected chi connectivity index (χ1v) is 7.52. The highest BCUT2D eigenvalue weighted by Gasteiger charge is 2.34. The average Bonchev–Trinajstić information content (AvgIpc) is 2.91. The van der Waals surface area contributed by atoms with Gasteiger partial charge in [-0.15, -0.1) is 0 Å². The summed E-state index contributed by atoms with van der Waals surface area (Å²) in [6, 6.07) is 3.55. The van der Waals surface area contributed by atoms with Gasteiger partial charge in [-0.2, -0.15) is 0 Å². The molecule has 1 fully saturated rings. The maximum absolute atomic E-state index is 12.8. The number of aliphatic imine (C=N–C) groups is 1. The summed E-state index contributed by atoms with van der Waals surface area (Å²) in [4.78, 5) is 19.2. The molecule has 2 aliphatic heterocycles. The number of rotatable bonds is 3. The lowest BCUT2D eigenvalue weighted by atomic mass is 10.1. The fourth-order valence-electron chi connectivity index (χ4n) is 2.92. The molecule has 2 heterocycles. The van der Waals surface area contributed by atoms with E-state index >= 15 is 0 Å². The first kappa shape index (κ1) is 14.6. The summed E-state index contributed by atoms with van der Waals surface area (Å²) < 4.78 is 10.9. The SMILES string of the molecule is C/C=C1\CC2C=Nc3cc(OCC)c(OC)cc3C(=O)N2C1. The third-order valence-corrected chi connectivity index (χ3v) is 4.11. The van der Waals surface area contributed by atoms with Crippen LogP contribution in [-0.2, 0) is 0 Å². The zero-order chi connectivity index (χ0) is 15.7. The van der Waals surface area contributed by atoms with Crippen molar-refractivity contribution < 1.29 is 14.3 Å². The van der Waals surface area contributed by atoms with Gasteiger partial charge in [0.05, 0.1) is 31.0 Å². The van der Waals surface area contributed by atoms with Crippen LogP contribution >= 0.6 is 0 Å². The molecule has 0 bridgehead atoms. The molecule has 3 rings (SSSR count). The fraction of sp³-hybridized carbons (Fsp3) is 0.412. The number of hydrogen-bond donors (Lipinski definition) is 0. The maximum atomic E-state index is 12.8. The van der Waals surface area contributed by atoms with Crippen LogP contribution in [-0.4, -0.2) is 43.3 Å². The fourth-order valence-corrected chi connectivity index (χ4v) is 2.92. The Morgan fingerprint density at radius 1 is 1.41 bits per heavy atom. The molecule has 5 nitrogen and oxygen atoms in total. The standard InChI is InChI=1S/C17H20N2O3/c1-4-11-6-12-9-18-14-8-16(22-5-2)15(21-3)7-13(14)17(20)19(12)10-11/h4,7-9,12H,5-6,10H2,1-3H3/b11-4+. The second-order valence-electron chi connectivity index (χ2n) is 5.38. The van der Waals surface area contributed by atoms with Crippen LogP contribution < -0.4 is 9.47 Å². The number of carbonyl (C=O) groups is 1. The minimum absolute atomic E-state index is 0.00398. The van der Waals surface area contributed by atoms with Crippen molar-refractivity contribution >= 4 is 17.8 Å². The summed E-state index contributed by atoms with van der Waals surface area (Å²) >= 11 is 0. The minimum atomic E-state index is -0.00398. The highest BCUT2D eigenvalue weighted by atomic mass is 16.5. The summed E-state index contributed by atoms with van der Waals surface area (Å²) in [6.45, 7) is 5.12. The summed E-state index contributed by atoms with van der Waals surface area (Å²) in [6.07, 6.45) is 4.80. The zero-order valence-electron chi connectivity index (χ0n) is 13.1.